The highest BCUT2D eigenvalue weighted by Crippen LogP contribution is 2.24. The number of rotatable bonds is 5. The van der Waals surface area contributed by atoms with Crippen molar-refractivity contribution in [2.24, 2.45) is 5.92 Å². The van der Waals surface area contributed by atoms with Crippen LogP contribution in [-0.4, -0.2) is 29.4 Å². The van der Waals surface area contributed by atoms with Gasteiger partial charge in [-0.15, -0.1) is 11.8 Å². The highest BCUT2D eigenvalue weighted by atomic mass is 32.2. The SMILES string of the molecule is O=C(CSc1ccccc1)NCC1CCCC1O. The molecule has 0 aliphatic heterocycles. The molecule has 1 amide bonds. The molecule has 0 saturated heterocycles. The summed E-state index contributed by atoms with van der Waals surface area (Å²) in [6, 6.07) is 9.90. The van der Waals surface area contributed by atoms with E-state index >= 15 is 0 Å². The Kier molecular flexibility index (Phi) is 5.08. The van der Waals surface area contributed by atoms with Gasteiger partial charge in [-0.05, 0) is 25.0 Å². The summed E-state index contributed by atoms with van der Waals surface area (Å²) in [4.78, 5) is 12.8. The van der Waals surface area contributed by atoms with Crippen molar-refractivity contribution >= 4 is 17.7 Å². The van der Waals surface area contributed by atoms with Gasteiger partial charge < -0.3 is 10.4 Å². The third-order valence-corrected chi connectivity index (χ3v) is 4.31. The van der Waals surface area contributed by atoms with Crippen LogP contribution in [-0.2, 0) is 4.79 Å². The maximum Gasteiger partial charge on any atom is 0.230 e. The minimum absolute atomic E-state index is 0.0444. The van der Waals surface area contributed by atoms with Gasteiger partial charge in [0.05, 0.1) is 11.9 Å². The summed E-state index contributed by atoms with van der Waals surface area (Å²) in [6.45, 7) is 0.606. The number of benzene rings is 1. The van der Waals surface area contributed by atoms with Crippen LogP contribution in [0.15, 0.2) is 35.2 Å². The molecule has 1 aliphatic rings. The Morgan fingerprint density at radius 2 is 2.11 bits per heavy atom. The first-order valence-corrected chi connectivity index (χ1v) is 7.37. The smallest absolute Gasteiger partial charge is 0.230 e. The van der Waals surface area contributed by atoms with E-state index in [2.05, 4.69) is 5.32 Å². The summed E-state index contributed by atoms with van der Waals surface area (Å²) >= 11 is 1.54. The second kappa shape index (κ2) is 6.81. The van der Waals surface area contributed by atoms with Crippen LogP contribution in [0.2, 0.25) is 0 Å². The predicted octanol–water partition coefficient (Wildman–Crippen LogP) is 2.06. The van der Waals surface area contributed by atoms with E-state index in [1.54, 1.807) is 0 Å². The summed E-state index contributed by atoms with van der Waals surface area (Å²) in [6.07, 6.45) is 2.74. The zero-order chi connectivity index (χ0) is 12.8. The molecule has 1 saturated carbocycles. The van der Waals surface area contributed by atoms with Crippen LogP contribution in [0.1, 0.15) is 19.3 Å². The Hall–Kier alpha value is -1.00. The molecule has 3 nitrogen and oxygen atoms in total. The first-order valence-electron chi connectivity index (χ1n) is 6.38. The van der Waals surface area contributed by atoms with Gasteiger partial charge in [0.1, 0.15) is 0 Å². The van der Waals surface area contributed by atoms with Crippen molar-refractivity contribution in [1.29, 1.82) is 0 Å². The molecule has 0 radical (unpaired) electrons. The number of aliphatic hydroxyl groups is 1. The van der Waals surface area contributed by atoms with E-state index in [1.807, 2.05) is 30.3 Å². The summed E-state index contributed by atoms with van der Waals surface area (Å²) in [5.74, 6) is 0.728. The molecule has 1 aromatic rings. The molecule has 18 heavy (non-hydrogen) atoms. The molecule has 2 unspecified atom stereocenters. The minimum Gasteiger partial charge on any atom is -0.393 e. The summed E-state index contributed by atoms with van der Waals surface area (Å²) in [7, 11) is 0. The maximum atomic E-state index is 11.7. The van der Waals surface area contributed by atoms with Gasteiger partial charge in [0.25, 0.3) is 0 Å². The molecule has 4 heteroatoms. The van der Waals surface area contributed by atoms with Crippen molar-refractivity contribution in [3.63, 3.8) is 0 Å². The molecule has 1 aromatic carbocycles. The van der Waals surface area contributed by atoms with Gasteiger partial charge in [-0.25, -0.2) is 0 Å². The first kappa shape index (κ1) is 13.4. The number of carbonyl (C=O) groups excluding carboxylic acids is 1. The van der Waals surface area contributed by atoms with Crippen molar-refractivity contribution in [1.82, 2.24) is 5.32 Å². The van der Waals surface area contributed by atoms with Crippen molar-refractivity contribution in [3.05, 3.63) is 30.3 Å². The molecular formula is C14H19NO2S. The Labute approximate surface area is 112 Å². The van der Waals surface area contributed by atoms with E-state index in [4.69, 9.17) is 0 Å². The fraction of sp³-hybridized carbons (Fsp3) is 0.500. The molecule has 98 valence electrons. The molecular weight excluding hydrogens is 246 g/mol. The van der Waals surface area contributed by atoms with Gasteiger partial charge >= 0.3 is 0 Å². The van der Waals surface area contributed by atoms with Crippen molar-refractivity contribution < 1.29 is 9.90 Å². The van der Waals surface area contributed by atoms with E-state index in [0.717, 1.165) is 24.2 Å². The van der Waals surface area contributed by atoms with Gasteiger partial charge in [-0.3, -0.25) is 4.79 Å². The largest absolute Gasteiger partial charge is 0.393 e. The van der Waals surface area contributed by atoms with Gasteiger partial charge in [-0.2, -0.15) is 0 Å². The number of nitrogens with one attached hydrogen (secondary N) is 1. The summed E-state index contributed by atoms with van der Waals surface area (Å²) in [5.41, 5.74) is 0. The summed E-state index contributed by atoms with van der Waals surface area (Å²) < 4.78 is 0. The highest BCUT2D eigenvalue weighted by molar-refractivity contribution is 8.00. The van der Waals surface area contributed by atoms with Crippen molar-refractivity contribution in [2.45, 2.75) is 30.3 Å². The fourth-order valence-corrected chi connectivity index (χ4v) is 2.97. The molecule has 1 fully saturated rings. The second-order valence-corrected chi connectivity index (χ2v) is 5.71. The maximum absolute atomic E-state index is 11.7. The number of carbonyl (C=O) groups is 1. The number of hydrogen-bond donors (Lipinski definition) is 2. The molecule has 0 aromatic heterocycles. The van der Waals surface area contributed by atoms with Crippen LogP contribution in [0.3, 0.4) is 0 Å². The van der Waals surface area contributed by atoms with Crippen LogP contribution in [0.25, 0.3) is 0 Å². The van der Waals surface area contributed by atoms with E-state index in [0.29, 0.717) is 12.3 Å². The Morgan fingerprint density at radius 1 is 1.33 bits per heavy atom. The number of thioether (sulfide) groups is 1. The lowest BCUT2D eigenvalue weighted by molar-refractivity contribution is -0.118. The average molecular weight is 265 g/mol. The van der Waals surface area contributed by atoms with Crippen LogP contribution in [0.4, 0.5) is 0 Å². The molecule has 1 aliphatic carbocycles. The topological polar surface area (TPSA) is 49.3 Å². The van der Waals surface area contributed by atoms with Crippen molar-refractivity contribution in [3.8, 4) is 0 Å². The molecule has 2 N–H and O–H groups in total. The standard InChI is InChI=1S/C14H19NO2S/c16-13-8-4-5-11(13)9-15-14(17)10-18-12-6-2-1-3-7-12/h1-3,6-7,11,13,16H,4-5,8-10H2,(H,15,17). The third kappa shape index (κ3) is 4.03. The Bertz CT molecular complexity index is 383. The lowest BCUT2D eigenvalue weighted by Gasteiger charge is -2.14. The van der Waals surface area contributed by atoms with E-state index in [-0.39, 0.29) is 17.9 Å². The fourth-order valence-electron chi connectivity index (χ4n) is 2.22. The first-order chi connectivity index (χ1) is 8.75. The summed E-state index contributed by atoms with van der Waals surface area (Å²) in [5, 5.41) is 12.6. The van der Waals surface area contributed by atoms with Gasteiger partial charge in [0.2, 0.25) is 5.91 Å². The molecule has 0 spiro atoms. The Balaban J connectivity index is 1.66. The normalized spacial score (nSPS) is 22.9. The zero-order valence-corrected chi connectivity index (χ0v) is 11.2. The molecule has 0 bridgehead atoms. The predicted molar refractivity (Wildman–Crippen MR) is 73.5 cm³/mol. The third-order valence-electron chi connectivity index (χ3n) is 3.29. The van der Waals surface area contributed by atoms with Crippen molar-refractivity contribution in [2.75, 3.05) is 12.3 Å². The number of hydrogen-bond acceptors (Lipinski definition) is 3. The van der Waals surface area contributed by atoms with Crippen LogP contribution in [0, 0.1) is 5.92 Å². The highest BCUT2D eigenvalue weighted by Gasteiger charge is 2.25. The van der Waals surface area contributed by atoms with Crippen LogP contribution >= 0.6 is 11.8 Å². The van der Waals surface area contributed by atoms with Gasteiger partial charge in [0.15, 0.2) is 0 Å². The van der Waals surface area contributed by atoms with E-state index < -0.39 is 0 Å². The monoisotopic (exact) mass is 265 g/mol. The lowest BCUT2D eigenvalue weighted by atomic mass is 10.1. The molecule has 2 atom stereocenters. The molecule has 2 rings (SSSR count). The Morgan fingerprint density at radius 3 is 2.78 bits per heavy atom. The number of amides is 1. The second-order valence-electron chi connectivity index (χ2n) is 4.66. The minimum atomic E-state index is -0.230. The van der Waals surface area contributed by atoms with E-state index in [1.165, 1.54) is 11.8 Å². The quantitative estimate of drug-likeness (QED) is 0.801. The molecule has 0 heterocycles. The van der Waals surface area contributed by atoms with Gasteiger partial charge in [-0.1, -0.05) is 24.6 Å². The van der Waals surface area contributed by atoms with Crippen LogP contribution < -0.4 is 5.32 Å². The number of aliphatic hydroxyl groups excluding tert-OH is 1. The lowest BCUT2D eigenvalue weighted by Crippen LogP contribution is -2.33. The zero-order valence-electron chi connectivity index (χ0n) is 10.3. The average Bonchev–Trinajstić information content (AvgIpc) is 2.81. The van der Waals surface area contributed by atoms with Crippen LogP contribution in [0.5, 0.6) is 0 Å². The van der Waals surface area contributed by atoms with Gasteiger partial charge in [0, 0.05) is 17.4 Å². The van der Waals surface area contributed by atoms with E-state index in [9.17, 15) is 9.90 Å².